The summed E-state index contributed by atoms with van der Waals surface area (Å²) in [4.78, 5) is 25.4. The molecule has 3 amide bonds. The number of hydrogen-bond acceptors (Lipinski definition) is 5. The molecule has 0 radical (unpaired) electrons. The van der Waals surface area contributed by atoms with Gasteiger partial charge in [0.1, 0.15) is 0 Å². The summed E-state index contributed by atoms with van der Waals surface area (Å²) in [5, 5.41) is 14.6. The zero-order valence-corrected chi connectivity index (χ0v) is 11.8. The first kappa shape index (κ1) is 15.2. The molecule has 2 aliphatic heterocycles. The Labute approximate surface area is 118 Å². The molecular formula is C13H23N3O4. The number of urea groups is 1. The van der Waals surface area contributed by atoms with Crippen LogP contribution in [-0.4, -0.2) is 66.9 Å². The maximum absolute atomic E-state index is 11.8. The van der Waals surface area contributed by atoms with Crippen LogP contribution in [0.1, 0.15) is 25.7 Å². The van der Waals surface area contributed by atoms with Gasteiger partial charge < -0.3 is 15.2 Å². The number of carbonyl (C=O) groups is 2. The molecule has 7 heteroatoms. The van der Waals surface area contributed by atoms with Gasteiger partial charge in [0.05, 0.1) is 19.3 Å². The maximum Gasteiger partial charge on any atom is 0.321 e. The summed E-state index contributed by atoms with van der Waals surface area (Å²) >= 11 is 0. The predicted octanol–water partition coefficient (Wildman–Crippen LogP) is -0.554. The highest BCUT2D eigenvalue weighted by atomic mass is 16.5. The lowest BCUT2D eigenvalue weighted by Gasteiger charge is -2.36. The molecule has 0 saturated carbocycles. The number of nitrogens with zero attached hydrogens (tertiary/aromatic N) is 1. The zero-order chi connectivity index (χ0) is 14.5. The van der Waals surface area contributed by atoms with E-state index < -0.39 is 6.03 Å². The fourth-order valence-corrected chi connectivity index (χ4v) is 3.15. The number of aliphatic hydroxyl groups is 1. The van der Waals surface area contributed by atoms with Crippen molar-refractivity contribution in [2.75, 3.05) is 26.8 Å². The smallest absolute Gasteiger partial charge is 0.321 e. The first-order valence-corrected chi connectivity index (χ1v) is 7.10. The molecule has 2 saturated heterocycles. The number of rotatable bonds is 5. The molecule has 0 aromatic heterocycles. The van der Waals surface area contributed by atoms with Crippen LogP contribution < -0.4 is 10.6 Å². The molecule has 0 aliphatic carbocycles. The van der Waals surface area contributed by atoms with Gasteiger partial charge in [-0.1, -0.05) is 0 Å². The topological polar surface area (TPSA) is 90.9 Å². The molecule has 2 heterocycles. The predicted molar refractivity (Wildman–Crippen MR) is 72.2 cm³/mol. The Morgan fingerprint density at radius 3 is 2.55 bits per heavy atom. The van der Waals surface area contributed by atoms with Crippen molar-refractivity contribution in [1.82, 2.24) is 15.5 Å². The van der Waals surface area contributed by atoms with Crippen molar-refractivity contribution in [2.45, 2.75) is 43.9 Å². The Morgan fingerprint density at radius 2 is 1.95 bits per heavy atom. The molecule has 7 nitrogen and oxygen atoms in total. The minimum atomic E-state index is -0.489. The van der Waals surface area contributed by atoms with Gasteiger partial charge in [0.2, 0.25) is 5.91 Å². The quantitative estimate of drug-likeness (QED) is 0.589. The summed E-state index contributed by atoms with van der Waals surface area (Å²) in [6.45, 7) is 1.01. The molecule has 3 N–H and O–H groups in total. The second-order valence-corrected chi connectivity index (χ2v) is 5.48. The standard InChI is InChI=1S/C13H23N3O4/c1-20-5-4-14-13(19)15-12(18)8-16-9-2-3-10(16)7-11(17)6-9/h9-11,17H,2-8H2,1H3,(H2,14,15,18,19). The average Bonchev–Trinajstić information content (AvgIpc) is 2.62. The van der Waals surface area contributed by atoms with E-state index in [-0.39, 0.29) is 30.6 Å². The lowest BCUT2D eigenvalue weighted by atomic mass is 10.00. The second-order valence-electron chi connectivity index (χ2n) is 5.48. The van der Waals surface area contributed by atoms with E-state index in [4.69, 9.17) is 4.74 Å². The van der Waals surface area contributed by atoms with Crippen LogP contribution in [0.25, 0.3) is 0 Å². The number of ether oxygens (including phenoxy) is 1. The van der Waals surface area contributed by atoms with E-state index >= 15 is 0 Å². The molecule has 0 aromatic rings. The van der Waals surface area contributed by atoms with Crippen molar-refractivity contribution >= 4 is 11.9 Å². The minimum Gasteiger partial charge on any atom is -0.393 e. The van der Waals surface area contributed by atoms with E-state index in [2.05, 4.69) is 15.5 Å². The zero-order valence-electron chi connectivity index (χ0n) is 11.8. The van der Waals surface area contributed by atoms with Crippen molar-refractivity contribution < 1.29 is 19.4 Å². The van der Waals surface area contributed by atoms with E-state index in [9.17, 15) is 14.7 Å². The lowest BCUT2D eigenvalue weighted by molar-refractivity contribution is -0.122. The normalized spacial score (nSPS) is 29.2. The Morgan fingerprint density at radius 1 is 1.30 bits per heavy atom. The highest BCUT2D eigenvalue weighted by Crippen LogP contribution is 2.35. The van der Waals surface area contributed by atoms with Crippen LogP contribution in [0.15, 0.2) is 0 Å². The van der Waals surface area contributed by atoms with E-state index in [0.29, 0.717) is 13.2 Å². The fourth-order valence-electron chi connectivity index (χ4n) is 3.15. The molecule has 0 spiro atoms. The highest BCUT2D eigenvalue weighted by Gasteiger charge is 2.40. The van der Waals surface area contributed by atoms with Gasteiger partial charge in [-0.2, -0.15) is 0 Å². The van der Waals surface area contributed by atoms with E-state index in [0.717, 1.165) is 25.7 Å². The number of methoxy groups -OCH3 is 1. The van der Waals surface area contributed by atoms with Gasteiger partial charge in [-0.25, -0.2) is 4.79 Å². The monoisotopic (exact) mass is 285 g/mol. The summed E-state index contributed by atoms with van der Waals surface area (Å²) < 4.78 is 4.81. The fraction of sp³-hybridized carbons (Fsp3) is 0.846. The molecular weight excluding hydrogens is 262 g/mol. The van der Waals surface area contributed by atoms with E-state index in [1.54, 1.807) is 7.11 Å². The van der Waals surface area contributed by atoms with Crippen LogP contribution in [0.5, 0.6) is 0 Å². The summed E-state index contributed by atoms with van der Waals surface area (Å²) in [5.74, 6) is -0.298. The molecule has 2 unspecified atom stereocenters. The summed E-state index contributed by atoms with van der Waals surface area (Å²) in [6, 6.07) is 0.0496. The van der Waals surface area contributed by atoms with Crippen molar-refractivity contribution in [3.05, 3.63) is 0 Å². The number of piperidine rings is 1. The van der Waals surface area contributed by atoms with Crippen LogP contribution in [0.4, 0.5) is 4.79 Å². The lowest BCUT2D eigenvalue weighted by Crippen LogP contribution is -2.51. The van der Waals surface area contributed by atoms with Gasteiger partial charge in [0.25, 0.3) is 0 Å². The highest BCUT2D eigenvalue weighted by molar-refractivity contribution is 5.95. The molecule has 2 bridgehead atoms. The number of aliphatic hydroxyl groups excluding tert-OH is 1. The Balaban J connectivity index is 1.73. The van der Waals surface area contributed by atoms with Crippen molar-refractivity contribution in [3.8, 4) is 0 Å². The van der Waals surface area contributed by atoms with Crippen molar-refractivity contribution in [1.29, 1.82) is 0 Å². The average molecular weight is 285 g/mol. The third-order valence-corrected chi connectivity index (χ3v) is 4.03. The first-order chi connectivity index (χ1) is 9.60. The van der Waals surface area contributed by atoms with E-state index in [1.165, 1.54) is 0 Å². The molecule has 2 rings (SSSR count). The third kappa shape index (κ3) is 3.91. The summed E-state index contributed by atoms with van der Waals surface area (Å²) in [5.41, 5.74) is 0. The number of fused-ring (bicyclic) bond motifs is 2. The summed E-state index contributed by atoms with van der Waals surface area (Å²) in [6.07, 6.45) is 3.25. The third-order valence-electron chi connectivity index (χ3n) is 4.03. The molecule has 2 atom stereocenters. The van der Waals surface area contributed by atoms with Crippen molar-refractivity contribution in [2.24, 2.45) is 0 Å². The number of nitrogens with one attached hydrogen (secondary N) is 2. The minimum absolute atomic E-state index is 0.222. The van der Waals surface area contributed by atoms with Crippen LogP contribution in [0, 0.1) is 0 Å². The maximum atomic E-state index is 11.8. The SMILES string of the molecule is COCCNC(=O)NC(=O)CN1C2CCC1CC(O)C2. The molecule has 2 fully saturated rings. The van der Waals surface area contributed by atoms with Gasteiger partial charge >= 0.3 is 6.03 Å². The van der Waals surface area contributed by atoms with Crippen LogP contribution in [0.2, 0.25) is 0 Å². The number of imide groups is 1. The van der Waals surface area contributed by atoms with E-state index in [1.807, 2.05) is 0 Å². The second kappa shape index (κ2) is 7.01. The van der Waals surface area contributed by atoms with Gasteiger partial charge in [-0.15, -0.1) is 0 Å². The van der Waals surface area contributed by atoms with Crippen LogP contribution in [0.3, 0.4) is 0 Å². The number of carbonyl (C=O) groups excluding carboxylic acids is 2. The Kier molecular flexibility index (Phi) is 5.33. The van der Waals surface area contributed by atoms with Crippen LogP contribution in [-0.2, 0) is 9.53 Å². The Bertz CT molecular complexity index is 350. The largest absolute Gasteiger partial charge is 0.393 e. The van der Waals surface area contributed by atoms with Gasteiger partial charge in [-0.3, -0.25) is 15.0 Å². The first-order valence-electron chi connectivity index (χ1n) is 7.10. The molecule has 20 heavy (non-hydrogen) atoms. The van der Waals surface area contributed by atoms with Crippen molar-refractivity contribution in [3.63, 3.8) is 0 Å². The van der Waals surface area contributed by atoms with Gasteiger partial charge in [0.15, 0.2) is 0 Å². The Hall–Kier alpha value is -1.18. The van der Waals surface area contributed by atoms with Gasteiger partial charge in [-0.05, 0) is 25.7 Å². The molecule has 2 aliphatic rings. The van der Waals surface area contributed by atoms with Gasteiger partial charge in [0, 0.05) is 25.7 Å². The number of amides is 3. The number of hydrogen-bond donors (Lipinski definition) is 3. The molecule has 114 valence electrons. The van der Waals surface area contributed by atoms with Crippen LogP contribution >= 0.6 is 0 Å². The summed E-state index contributed by atoms with van der Waals surface area (Å²) in [7, 11) is 1.55. The molecule has 0 aromatic carbocycles.